The fourth-order valence-electron chi connectivity index (χ4n) is 1.29. The number of benzene rings is 1. The quantitative estimate of drug-likeness (QED) is 0.647. The van der Waals surface area contributed by atoms with Crippen LogP contribution in [0.15, 0.2) is 24.3 Å². The van der Waals surface area contributed by atoms with Gasteiger partial charge in [-0.1, -0.05) is 12.1 Å². The van der Waals surface area contributed by atoms with Gasteiger partial charge in [0, 0.05) is 5.69 Å². The number of nitrogens with one attached hydrogen (secondary N) is 1. The van der Waals surface area contributed by atoms with Gasteiger partial charge >= 0.3 is 12.1 Å². The highest BCUT2D eigenvalue weighted by atomic mass is 35.5. The molecule has 1 atom stereocenters. The van der Waals surface area contributed by atoms with Crippen LogP contribution in [0.25, 0.3) is 0 Å². The molecule has 6 nitrogen and oxygen atoms in total. The van der Waals surface area contributed by atoms with Gasteiger partial charge in [0.1, 0.15) is 12.6 Å². The first kappa shape index (κ1) is 17.1. The number of rotatable bonds is 4. The van der Waals surface area contributed by atoms with Crippen molar-refractivity contribution in [2.24, 2.45) is 0 Å². The summed E-state index contributed by atoms with van der Waals surface area (Å²) in [6.45, 7) is 1.60. The van der Waals surface area contributed by atoms with Crippen LogP contribution in [0.3, 0.4) is 0 Å². The van der Waals surface area contributed by atoms with E-state index in [1.807, 2.05) is 0 Å². The molecule has 0 spiro atoms. The van der Waals surface area contributed by atoms with Gasteiger partial charge in [0.15, 0.2) is 0 Å². The molecule has 1 aromatic carbocycles. The van der Waals surface area contributed by atoms with Crippen molar-refractivity contribution in [3.63, 3.8) is 0 Å². The van der Waals surface area contributed by atoms with Crippen LogP contribution in [-0.2, 0) is 20.9 Å². The molecule has 0 unspecified atom stereocenters. The van der Waals surface area contributed by atoms with E-state index >= 15 is 0 Å². The molecule has 0 heterocycles. The summed E-state index contributed by atoms with van der Waals surface area (Å²) >= 11 is 0. The van der Waals surface area contributed by atoms with Crippen molar-refractivity contribution in [3.05, 3.63) is 29.8 Å². The number of nitrogens with two attached hydrogens (primary N) is 1. The van der Waals surface area contributed by atoms with Gasteiger partial charge in [-0.2, -0.15) is 0 Å². The Bertz CT molecular complexity index is 439. The molecule has 0 saturated heterocycles. The number of hydrogen-bond acceptors (Lipinski definition) is 5. The fraction of sp³-hybridized carbons (Fsp3) is 0.333. The van der Waals surface area contributed by atoms with E-state index in [1.165, 1.54) is 14.0 Å². The van der Waals surface area contributed by atoms with Crippen molar-refractivity contribution in [1.82, 2.24) is 5.32 Å². The minimum absolute atomic E-state index is 0. The summed E-state index contributed by atoms with van der Waals surface area (Å²) in [6, 6.07) is 6.25. The third-order valence-corrected chi connectivity index (χ3v) is 2.21. The third kappa shape index (κ3) is 5.96. The molecule has 3 N–H and O–H groups in total. The van der Waals surface area contributed by atoms with E-state index in [0.717, 1.165) is 5.56 Å². The number of ether oxygens (including phenoxy) is 2. The molecular formula is C12H17ClN2O4. The molecule has 7 heteroatoms. The minimum atomic E-state index is -0.747. The van der Waals surface area contributed by atoms with Crippen molar-refractivity contribution in [2.75, 3.05) is 12.8 Å². The predicted molar refractivity (Wildman–Crippen MR) is 72.9 cm³/mol. The van der Waals surface area contributed by atoms with Crippen LogP contribution in [0.1, 0.15) is 12.5 Å². The Morgan fingerprint density at radius 1 is 1.42 bits per heavy atom. The van der Waals surface area contributed by atoms with Crippen LogP contribution >= 0.6 is 12.4 Å². The third-order valence-electron chi connectivity index (χ3n) is 2.21. The number of esters is 1. The van der Waals surface area contributed by atoms with E-state index in [9.17, 15) is 9.59 Å². The van der Waals surface area contributed by atoms with E-state index in [0.29, 0.717) is 5.69 Å². The zero-order valence-electron chi connectivity index (χ0n) is 10.7. The molecular weight excluding hydrogens is 272 g/mol. The number of amides is 1. The first-order valence-corrected chi connectivity index (χ1v) is 5.38. The molecule has 0 aliphatic carbocycles. The number of carbonyl (C=O) groups is 2. The highest BCUT2D eigenvalue weighted by molar-refractivity contribution is 5.85. The first-order chi connectivity index (χ1) is 8.52. The lowest BCUT2D eigenvalue weighted by molar-refractivity contribution is -0.142. The standard InChI is InChI=1S/C12H16N2O4.ClH/c1-8(11(15)17-2)14-12(16)18-7-9-4-3-5-10(13)6-9;/h3-6,8H,7,13H2,1-2H3,(H,14,16);1H/t8-;/m0./s1. The van der Waals surface area contributed by atoms with Crippen molar-refractivity contribution < 1.29 is 19.1 Å². The second-order valence-corrected chi connectivity index (χ2v) is 3.71. The fourth-order valence-corrected chi connectivity index (χ4v) is 1.29. The molecule has 0 aliphatic rings. The van der Waals surface area contributed by atoms with Gasteiger partial charge in [0.25, 0.3) is 0 Å². The largest absolute Gasteiger partial charge is 0.467 e. The zero-order valence-corrected chi connectivity index (χ0v) is 11.5. The van der Waals surface area contributed by atoms with Gasteiger partial charge in [-0.05, 0) is 24.6 Å². The molecule has 0 radical (unpaired) electrons. The van der Waals surface area contributed by atoms with Crippen LogP contribution < -0.4 is 11.1 Å². The summed E-state index contributed by atoms with van der Waals surface area (Å²) in [5.74, 6) is -0.532. The van der Waals surface area contributed by atoms with Gasteiger partial charge in [-0.3, -0.25) is 0 Å². The van der Waals surface area contributed by atoms with Gasteiger partial charge in [-0.25, -0.2) is 9.59 Å². The van der Waals surface area contributed by atoms with E-state index < -0.39 is 18.1 Å². The van der Waals surface area contributed by atoms with Crippen LogP contribution in [0.4, 0.5) is 10.5 Å². The lowest BCUT2D eigenvalue weighted by atomic mass is 10.2. The average Bonchev–Trinajstić information content (AvgIpc) is 2.35. The number of carbonyl (C=O) groups excluding carboxylic acids is 2. The second kappa shape index (κ2) is 8.20. The van der Waals surface area contributed by atoms with Gasteiger partial charge < -0.3 is 20.5 Å². The Morgan fingerprint density at radius 2 is 2.11 bits per heavy atom. The number of halogens is 1. The molecule has 0 aliphatic heterocycles. The summed E-state index contributed by atoms with van der Waals surface area (Å²) in [7, 11) is 1.25. The van der Waals surface area contributed by atoms with E-state index in [4.69, 9.17) is 10.5 Å². The molecule has 106 valence electrons. The summed E-state index contributed by atoms with van der Waals surface area (Å²) in [5.41, 5.74) is 6.96. The van der Waals surface area contributed by atoms with Gasteiger partial charge in [0.05, 0.1) is 7.11 Å². The Labute approximate surface area is 117 Å². The van der Waals surface area contributed by atoms with Crippen LogP contribution in [0, 0.1) is 0 Å². The average molecular weight is 289 g/mol. The van der Waals surface area contributed by atoms with Crippen LogP contribution in [0.5, 0.6) is 0 Å². The highest BCUT2D eigenvalue weighted by Crippen LogP contribution is 2.07. The monoisotopic (exact) mass is 288 g/mol. The van der Waals surface area contributed by atoms with Crippen molar-refractivity contribution in [1.29, 1.82) is 0 Å². The molecule has 1 aromatic rings. The molecule has 0 bridgehead atoms. The Morgan fingerprint density at radius 3 is 2.68 bits per heavy atom. The highest BCUT2D eigenvalue weighted by Gasteiger charge is 2.16. The van der Waals surface area contributed by atoms with Gasteiger partial charge in [-0.15, -0.1) is 12.4 Å². The van der Waals surface area contributed by atoms with E-state index in [-0.39, 0.29) is 19.0 Å². The lowest BCUT2D eigenvalue weighted by Gasteiger charge is -2.11. The SMILES string of the molecule is COC(=O)[C@H](C)NC(=O)OCc1cccc(N)c1.Cl. The lowest BCUT2D eigenvalue weighted by Crippen LogP contribution is -2.39. The Balaban J connectivity index is 0.00000324. The number of nitrogen functional groups attached to an aromatic ring is 1. The maximum atomic E-state index is 11.4. The summed E-state index contributed by atoms with van der Waals surface area (Å²) < 4.78 is 9.40. The van der Waals surface area contributed by atoms with E-state index in [2.05, 4.69) is 10.1 Å². The number of anilines is 1. The molecule has 1 rings (SSSR count). The van der Waals surface area contributed by atoms with Crippen molar-refractivity contribution in [2.45, 2.75) is 19.6 Å². The van der Waals surface area contributed by atoms with Crippen LogP contribution in [0.2, 0.25) is 0 Å². The number of hydrogen-bond donors (Lipinski definition) is 2. The minimum Gasteiger partial charge on any atom is -0.467 e. The maximum absolute atomic E-state index is 11.4. The molecule has 1 amide bonds. The first-order valence-electron chi connectivity index (χ1n) is 5.38. The predicted octanol–water partition coefficient (Wildman–Crippen LogP) is 1.48. The molecule has 19 heavy (non-hydrogen) atoms. The zero-order chi connectivity index (χ0) is 13.5. The molecule has 0 aromatic heterocycles. The molecule has 0 fully saturated rings. The summed E-state index contributed by atoms with van der Waals surface area (Å²) in [5, 5.41) is 2.35. The summed E-state index contributed by atoms with van der Waals surface area (Å²) in [4.78, 5) is 22.4. The molecule has 0 saturated carbocycles. The topological polar surface area (TPSA) is 90.6 Å². The van der Waals surface area contributed by atoms with Crippen molar-refractivity contribution in [3.8, 4) is 0 Å². The Kier molecular flexibility index (Phi) is 7.36. The van der Waals surface area contributed by atoms with Crippen molar-refractivity contribution >= 4 is 30.2 Å². The number of methoxy groups -OCH3 is 1. The van der Waals surface area contributed by atoms with E-state index in [1.54, 1.807) is 24.3 Å². The summed E-state index contributed by atoms with van der Waals surface area (Å²) in [6.07, 6.45) is -0.685. The van der Waals surface area contributed by atoms with Crippen LogP contribution in [-0.4, -0.2) is 25.2 Å². The number of alkyl carbamates (subject to hydrolysis) is 1. The normalized spacial score (nSPS) is 10.8. The Hall–Kier alpha value is -1.95. The van der Waals surface area contributed by atoms with Gasteiger partial charge in [0.2, 0.25) is 0 Å². The second-order valence-electron chi connectivity index (χ2n) is 3.71. The smallest absolute Gasteiger partial charge is 0.408 e. The maximum Gasteiger partial charge on any atom is 0.408 e.